The monoisotopic (exact) mass is 532 g/mol. The van der Waals surface area contributed by atoms with Crippen LogP contribution in [0.25, 0.3) is 10.1 Å². The van der Waals surface area contributed by atoms with Crippen LogP contribution in [0, 0.1) is 12.8 Å². The lowest BCUT2D eigenvalue weighted by molar-refractivity contribution is 0.0624. The minimum atomic E-state index is -0.292. The molecule has 1 amide bonds. The highest BCUT2D eigenvalue weighted by Crippen LogP contribution is 2.38. The van der Waals surface area contributed by atoms with E-state index in [-0.39, 0.29) is 23.3 Å². The Morgan fingerprint density at radius 1 is 1.03 bits per heavy atom. The SMILES string of the molecule is Cc1ccc(C(=O)N(CCCN)C(c2sc3cc(Cl)ccc3c(=O)c2Cc2ccccc2)C(C)C)cc1. The van der Waals surface area contributed by atoms with Gasteiger partial charge in [-0.1, -0.05) is 73.5 Å². The lowest BCUT2D eigenvalue weighted by Gasteiger charge is -2.36. The molecule has 0 radical (unpaired) electrons. The van der Waals surface area contributed by atoms with Crippen molar-refractivity contribution in [2.24, 2.45) is 11.7 Å². The molecule has 4 nitrogen and oxygen atoms in total. The van der Waals surface area contributed by atoms with Crippen LogP contribution in [-0.4, -0.2) is 23.9 Å². The maximum Gasteiger partial charge on any atom is 0.254 e. The molecule has 1 unspecified atom stereocenters. The Morgan fingerprint density at radius 3 is 2.38 bits per heavy atom. The fourth-order valence-electron chi connectivity index (χ4n) is 4.72. The molecule has 0 aliphatic rings. The average Bonchev–Trinajstić information content (AvgIpc) is 2.88. The van der Waals surface area contributed by atoms with Gasteiger partial charge in [0.1, 0.15) is 0 Å². The highest BCUT2D eigenvalue weighted by atomic mass is 35.5. The van der Waals surface area contributed by atoms with Gasteiger partial charge in [0.05, 0.1) is 6.04 Å². The third-order valence-electron chi connectivity index (χ3n) is 6.60. The number of carbonyl (C=O) groups is 1. The second-order valence-corrected chi connectivity index (χ2v) is 11.3. The van der Waals surface area contributed by atoms with E-state index in [1.54, 1.807) is 17.4 Å². The van der Waals surface area contributed by atoms with E-state index in [1.165, 1.54) is 0 Å². The molecule has 3 aromatic carbocycles. The maximum absolute atomic E-state index is 13.9. The van der Waals surface area contributed by atoms with E-state index in [4.69, 9.17) is 17.3 Å². The molecular formula is C31H33ClN2O2S. The molecule has 6 heteroatoms. The van der Waals surface area contributed by atoms with Gasteiger partial charge in [0.25, 0.3) is 5.91 Å². The van der Waals surface area contributed by atoms with Gasteiger partial charge in [-0.25, -0.2) is 0 Å². The van der Waals surface area contributed by atoms with Crippen molar-refractivity contribution in [3.63, 3.8) is 0 Å². The molecule has 1 aromatic heterocycles. The van der Waals surface area contributed by atoms with Gasteiger partial charge in [0.15, 0.2) is 5.43 Å². The van der Waals surface area contributed by atoms with E-state index in [0.717, 1.165) is 26.3 Å². The number of carbonyl (C=O) groups excluding carboxylic acids is 1. The van der Waals surface area contributed by atoms with Crippen molar-refractivity contribution in [3.05, 3.63) is 115 Å². The van der Waals surface area contributed by atoms with Crippen LogP contribution in [-0.2, 0) is 6.42 Å². The predicted molar refractivity (Wildman–Crippen MR) is 156 cm³/mol. The van der Waals surface area contributed by atoms with E-state index in [2.05, 4.69) is 13.8 Å². The zero-order valence-electron chi connectivity index (χ0n) is 21.5. The second kappa shape index (κ2) is 12.0. The molecule has 0 bridgehead atoms. The summed E-state index contributed by atoms with van der Waals surface area (Å²) in [4.78, 5) is 30.7. The fourth-order valence-corrected chi connectivity index (χ4v) is 6.46. The van der Waals surface area contributed by atoms with Crippen molar-refractivity contribution < 1.29 is 4.79 Å². The summed E-state index contributed by atoms with van der Waals surface area (Å²) in [6.07, 6.45) is 1.17. The van der Waals surface area contributed by atoms with Crippen LogP contribution in [0.1, 0.15) is 58.2 Å². The van der Waals surface area contributed by atoms with E-state index >= 15 is 0 Å². The summed E-state index contributed by atoms with van der Waals surface area (Å²) in [5, 5.41) is 1.24. The normalized spacial score (nSPS) is 12.2. The number of hydrogen-bond donors (Lipinski definition) is 1. The summed E-state index contributed by atoms with van der Waals surface area (Å²) in [7, 11) is 0. The number of benzene rings is 3. The Bertz CT molecular complexity index is 1430. The zero-order chi connectivity index (χ0) is 26.5. The highest BCUT2D eigenvalue weighted by molar-refractivity contribution is 7.18. The molecule has 0 saturated carbocycles. The van der Waals surface area contributed by atoms with Gasteiger partial charge >= 0.3 is 0 Å². The lowest BCUT2D eigenvalue weighted by Crippen LogP contribution is -2.39. The largest absolute Gasteiger partial charge is 0.330 e. The molecule has 0 fully saturated rings. The molecule has 0 saturated heterocycles. The molecule has 37 heavy (non-hydrogen) atoms. The number of hydrogen-bond acceptors (Lipinski definition) is 4. The fraction of sp³-hybridized carbons (Fsp3) is 0.290. The summed E-state index contributed by atoms with van der Waals surface area (Å²) in [5.74, 6) is 0.0117. The van der Waals surface area contributed by atoms with Crippen LogP contribution >= 0.6 is 22.9 Å². The first-order chi connectivity index (χ1) is 17.8. The average molecular weight is 533 g/mol. The van der Waals surface area contributed by atoms with Gasteiger partial charge in [0.2, 0.25) is 0 Å². The summed E-state index contributed by atoms with van der Waals surface area (Å²) in [6, 6.07) is 22.8. The second-order valence-electron chi connectivity index (χ2n) is 9.77. The van der Waals surface area contributed by atoms with Crippen LogP contribution in [0.5, 0.6) is 0 Å². The van der Waals surface area contributed by atoms with Crippen molar-refractivity contribution >= 4 is 38.9 Å². The van der Waals surface area contributed by atoms with Gasteiger partial charge in [-0.2, -0.15) is 0 Å². The van der Waals surface area contributed by atoms with Crippen LogP contribution < -0.4 is 11.2 Å². The number of rotatable bonds is 9. The number of nitrogens with two attached hydrogens (primary N) is 1. The van der Waals surface area contributed by atoms with Crippen molar-refractivity contribution in [2.45, 2.75) is 39.7 Å². The lowest BCUT2D eigenvalue weighted by atomic mass is 9.93. The number of nitrogens with zero attached hydrogens (tertiary/aromatic N) is 1. The molecule has 2 N–H and O–H groups in total. The van der Waals surface area contributed by atoms with E-state index in [9.17, 15) is 9.59 Å². The van der Waals surface area contributed by atoms with Gasteiger partial charge in [-0.05, 0) is 61.7 Å². The standard InChI is InChI=1S/C31H33ClN2O2S/c1-20(2)28(34(17-7-16-33)31(36)23-12-10-21(3)11-13-23)30-26(18-22-8-5-4-6-9-22)29(35)25-15-14-24(32)19-27(25)37-30/h4-6,8-15,19-20,28H,7,16-18,33H2,1-3H3. The molecule has 1 heterocycles. The zero-order valence-corrected chi connectivity index (χ0v) is 23.1. The third-order valence-corrected chi connectivity index (χ3v) is 8.10. The van der Waals surface area contributed by atoms with Gasteiger partial charge in [-0.15, -0.1) is 11.3 Å². The Kier molecular flexibility index (Phi) is 8.80. The summed E-state index contributed by atoms with van der Waals surface area (Å²) < 4.78 is 0.830. The van der Waals surface area contributed by atoms with Crippen LogP contribution in [0.15, 0.2) is 77.6 Å². The Hall–Kier alpha value is -2.99. The van der Waals surface area contributed by atoms with Crippen molar-refractivity contribution in [3.8, 4) is 0 Å². The Balaban J connectivity index is 1.93. The molecular weight excluding hydrogens is 500 g/mol. The highest BCUT2D eigenvalue weighted by Gasteiger charge is 2.32. The molecule has 192 valence electrons. The molecule has 0 aliphatic heterocycles. The first-order valence-corrected chi connectivity index (χ1v) is 13.9. The van der Waals surface area contributed by atoms with Crippen molar-refractivity contribution in [2.75, 3.05) is 13.1 Å². The third kappa shape index (κ3) is 6.12. The van der Waals surface area contributed by atoms with Crippen LogP contribution in [0.2, 0.25) is 5.02 Å². The van der Waals surface area contributed by atoms with E-state index in [0.29, 0.717) is 41.9 Å². The number of aryl methyl sites for hydroxylation is 1. The van der Waals surface area contributed by atoms with E-state index < -0.39 is 0 Å². The summed E-state index contributed by atoms with van der Waals surface area (Å²) >= 11 is 7.90. The van der Waals surface area contributed by atoms with Crippen LogP contribution in [0.3, 0.4) is 0 Å². The smallest absolute Gasteiger partial charge is 0.254 e. The minimum absolute atomic E-state index is 0.00326. The molecule has 4 aromatic rings. The molecule has 1 atom stereocenters. The Labute approximate surface area is 227 Å². The molecule has 4 rings (SSSR count). The number of halogens is 1. The van der Waals surface area contributed by atoms with E-state index in [1.807, 2.05) is 78.6 Å². The minimum Gasteiger partial charge on any atom is -0.330 e. The van der Waals surface area contributed by atoms with Crippen molar-refractivity contribution in [1.29, 1.82) is 0 Å². The molecule has 0 spiro atoms. The quantitative estimate of drug-likeness (QED) is 0.252. The van der Waals surface area contributed by atoms with Gasteiger partial charge in [0, 0.05) is 44.1 Å². The number of amides is 1. The van der Waals surface area contributed by atoms with Gasteiger partial charge < -0.3 is 10.6 Å². The maximum atomic E-state index is 13.9. The topological polar surface area (TPSA) is 63.4 Å². The molecule has 0 aliphatic carbocycles. The first-order valence-electron chi connectivity index (χ1n) is 12.7. The predicted octanol–water partition coefficient (Wildman–Crippen LogP) is 7.00. The van der Waals surface area contributed by atoms with Gasteiger partial charge in [-0.3, -0.25) is 9.59 Å². The Morgan fingerprint density at radius 2 is 1.73 bits per heavy atom. The van der Waals surface area contributed by atoms with Crippen molar-refractivity contribution in [1.82, 2.24) is 4.90 Å². The number of fused-ring (bicyclic) bond motifs is 1. The van der Waals surface area contributed by atoms with Crippen LogP contribution in [0.4, 0.5) is 0 Å². The summed E-state index contributed by atoms with van der Waals surface area (Å²) in [6.45, 7) is 7.20. The summed E-state index contributed by atoms with van der Waals surface area (Å²) in [5.41, 5.74) is 9.42. The first kappa shape index (κ1) is 27.1.